The molecule has 0 radical (unpaired) electrons. The molecule has 116 valence electrons. The summed E-state index contributed by atoms with van der Waals surface area (Å²) in [5, 5.41) is 7.62. The van der Waals surface area contributed by atoms with E-state index in [0.29, 0.717) is 12.3 Å². The van der Waals surface area contributed by atoms with Crippen molar-refractivity contribution in [1.82, 2.24) is 15.5 Å². The minimum Gasteiger partial charge on any atom is -0.287 e. The van der Waals surface area contributed by atoms with Gasteiger partial charge >= 0.3 is 0 Å². The molecule has 1 atom stereocenters. The third-order valence-electron chi connectivity index (χ3n) is 4.85. The van der Waals surface area contributed by atoms with Crippen LogP contribution < -0.4 is 10.6 Å². The second-order valence-electron chi connectivity index (χ2n) is 6.51. The number of rotatable bonds is 6. The molecule has 0 aromatic heterocycles. The van der Waals surface area contributed by atoms with Gasteiger partial charge in [-0.2, -0.15) is 0 Å². The highest BCUT2D eigenvalue weighted by Crippen LogP contribution is 2.19. The minimum atomic E-state index is 0.343. The molecule has 3 heteroatoms. The van der Waals surface area contributed by atoms with E-state index in [1.165, 1.54) is 63.6 Å². The van der Waals surface area contributed by atoms with Gasteiger partial charge in [-0.25, -0.2) is 0 Å². The van der Waals surface area contributed by atoms with Crippen LogP contribution in [0.1, 0.15) is 50.5 Å². The van der Waals surface area contributed by atoms with Gasteiger partial charge in [0, 0.05) is 25.7 Å². The lowest BCUT2D eigenvalue weighted by Crippen LogP contribution is -2.56. The van der Waals surface area contributed by atoms with Crippen LogP contribution in [0.4, 0.5) is 0 Å². The molecule has 1 aromatic rings. The van der Waals surface area contributed by atoms with E-state index in [0.717, 1.165) is 6.54 Å². The van der Waals surface area contributed by atoms with Crippen LogP contribution in [0.5, 0.6) is 0 Å². The normalized spacial score (nSPS) is 22.5. The molecule has 1 saturated carbocycles. The fraction of sp³-hybridized carbons (Fsp3) is 0.667. The van der Waals surface area contributed by atoms with Gasteiger partial charge in [0.05, 0.1) is 0 Å². The zero-order valence-corrected chi connectivity index (χ0v) is 13.1. The van der Waals surface area contributed by atoms with Gasteiger partial charge < -0.3 is 0 Å². The van der Waals surface area contributed by atoms with Crippen LogP contribution in [0, 0.1) is 0 Å². The molecule has 1 unspecified atom stereocenters. The summed E-state index contributed by atoms with van der Waals surface area (Å²) in [4.78, 5) is 2.58. The Morgan fingerprint density at radius 3 is 2.38 bits per heavy atom. The number of nitrogens with zero attached hydrogens (tertiary/aromatic N) is 1. The maximum absolute atomic E-state index is 3.88. The van der Waals surface area contributed by atoms with Gasteiger partial charge in [-0.15, -0.1) is 0 Å². The van der Waals surface area contributed by atoms with Gasteiger partial charge in [0.2, 0.25) is 0 Å². The van der Waals surface area contributed by atoms with Crippen molar-refractivity contribution >= 4 is 0 Å². The van der Waals surface area contributed by atoms with Crippen molar-refractivity contribution in [2.45, 2.75) is 63.8 Å². The Kier molecular flexibility index (Phi) is 5.67. The Labute approximate surface area is 129 Å². The summed E-state index contributed by atoms with van der Waals surface area (Å²) in [5.41, 5.74) is 1.37. The lowest BCUT2D eigenvalue weighted by atomic mass is 9.95. The topological polar surface area (TPSA) is 27.3 Å². The van der Waals surface area contributed by atoms with E-state index in [-0.39, 0.29) is 0 Å². The zero-order valence-electron chi connectivity index (χ0n) is 13.1. The molecule has 3 rings (SSSR count). The average Bonchev–Trinajstić information content (AvgIpc) is 3.08. The van der Waals surface area contributed by atoms with E-state index < -0.39 is 0 Å². The molecule has 2 fully saturated rings. The molecular weight excluding hydrogens is 258 g/mol. The number of benzene rings is 1. The highest BCUT2D eigenvalue weighted by molar-refractivity contribution is 5.14. The highest BCUT2D eigenvalue weighted by atomic mass is 15.4. The quantitative estimate of drug-likeness (QED) is 0.787. The van der Waals surface area contributed by atoms with Gasteiger partial charge in [0.15, 0.2) is 0 Å². The van der Waals surface area contributed by atoms with E-state index in [1.807, 2.05) is 0 Å². The first kappa shape index (κ1) is 15.0. The Balaban J connectivity index is 1.55. The second-order valence-corrected chi connectivity index (χ2v) is 6.51. The van der Waals surface area contributed by atoms with E-state index in [9.17, 15) is 0 Å². The molecule has 0 spiro atoms. The minimum absolute atomic E-state index is 0.343. The van der Waals surface area contributed by atoms with Crippen molar-refractivity contribution in [3.8, 4) is 0 Å². The van der Waals surface area contributed by atoms with Crippen molar-refractivity contribution in [1.29, 1.82) is 0 Å². The fourth-order valence-corrected chi connectivity index (χ4v) is 3.60. The third-order valence-corrected chi connectivity index (χ3v) is 4.85. The predicted molar refractivity (Wildman–Crippen MR) is 87.9 cm³/mol. The second kappa shape index (κ2) is 7.92. The van der Waals surface area contributed by atoms with Crippen LogP contribution >= 0.6 is 0 Å². The molecule has 1 aromatic carbocycles. The van der Waals surface area contributed by atoms with Crippen molar-refractivity contribution in [2.75, 3.05) is 13.1 Å². The molecule has 1 aliphatic heterocycles. The Bertz CT molecular complexity index is 394. The Morgan fingerprint density at radius 1 is 0.952 bits per heavy atom. The van der Waals surface area contributed by atoms with Crippen LogP contribution in [-0.4, -0.2) is 30.3 Å². The lowest BCUT2D eigenvalue weighted by molar-refractivity contribution is 0.139. The van der Waals surface area contributed by atoms with Crippen molar-refractivity contribution < 1.29 is 0 Å². The largest absolute Gasteiger partial charge is 0.287 e. The molecule has 1 heterocycles. The monoisotopic (exact) mass is 287 g/mol. The van der Waals surface area contributed by atoms with E-state index in [2.05, 4.69) is 45.9 Å². The first-order chi connectivity index (χ1) is 10.4. The summed E-state index contributed by atoms with van der Waals surface area (Å²) < 4.78 is 0. The average molecular weight is 287 g/mol. The summed E-state index contributed by atoms with van der Waals surface area (Å²) in [5.74, 6) is 0. The van der Waals surface area contributed by atoms with E-state index in [1.54, 1.807) is 0 Å². The summed E-state index contributed by atoms with van der Waals surface area (Å²) >= 11 is 0. The van der Waals surface area contributed by atoms with Crippen molar-refractivity contribution in [3.05, 3.63) is 35.9 Å². The first-order valence-electron chi connectivity index (χ1n) is 8.69. The van der Waals surface area contributed by atoms with E-state index >= 15 is 0 Å². The smallest absolute Gasteiger partial charge is 0.114 e. The summed E-state index contributed by atoms with van der Waals surface area (Å²) in [7, 11) is 0. The molecule has 0 amide bonds. The first-order valence-corrected chi connectivity index (χ1v) is 8.69. The van der Waals surface area contributed by atoms with Crippen LogP contribution in [0.15, 0.2) is 30.3 Å². The van der Waals surface area contributed by atoms with Crippen LogP contribution in [-0.2, 0) is 6.54 Å². The molecule has 1 saturated heterocycles. The molecule has 2 aliphatic rings. The molecule has 21 heavy (non-hydrogen) atoms. The maximum Gasteiger partial charge on any atom is 0.114 e. The molecule has 2 N–H and O–H groups in total. The zero-order chi connectivity index (χ0) is 14.3. The van der Waals surface area contributed by atoms with Gasteiger partial charge in [-0.3, -0.25) is 15.5 Å². The van der Waals surface area contributed by atoms with Crippen molar-refractivity contribution in [3.63, 3.8) is 0 Å². The summed E-state index contributed by atoms with van der Waals surface area (Å²) in [6.07, 6.45) is 9.92. The molecular formula is C18H29N3. The summed E-state index contributed by atoms with van der Waals surface area (Å²) in [6, 6.07) is 11.4. The molecule has 0 bridgehead atoms. The van der Waals surface area contributed by atoms with Gasteiger partial charge in [-0.1, -0.05) is 49.6 Å². The maximum atomic E-state index is 3.88. The highest BCUT2D eigenvalue weighted by Gasteiger charge is 2.24. The van der Waals surface area contributed by atoms with Gasteiger partial charge in [-0.05, 0) is 31.2 Å². The SMILES string of the molecule is c1ccc(CNC(NC2CCCCC2)N2CCCC2)cc1. The standard InChI is InChI=1S/C18H29N3/c1-3-9-16(10-4-1)15-19-18(21-13-7-8-14-21)20-17-11-5-2-6-12-17/h1,3-4,9-10,17-20H,2,5-8,11-15H2. The third kappa shape index (κ3) is 4.53. The van der Waals surface area contributed by atoms with Crippen molar-refractivity contribution in [2.24, 2.45) is 0 Å². The van der Waals surface area contributed by atoms with E-state index in [4.69, 9.17) is 0 Å². The number of likely N-dealkylation sites (tertiary alicyclic amines) is 1. The number of hydrogen-bond donors (Lipinski definition) is 2. The number of nitrogens with one attached hydrogen (secondary N) is 2. The Hall–Kier alpha value is -0.900. The summed E-state index contributed by atoms with van der Waals surface area (Å²) in [6.45, 7) is 3.40. The van der Waals surface area contributed by atoms with Gasteiger partial charge in [0.25, 0.3) is 0 Å². The fourth-order valence-electron chi connectivity index (χ4n) is 3.60. The van der Waals surface area contributed by atoms with Crippen LogP contribution in [0.2, 0.25) is 0 Å². The molecule has 3 nitrogen and oxygen atoms in total. The van der Waals surface area contributed by atoms with Crippen LogP contribution in [0.3, 0.4) is 0 Å². The predicted octanol–water partition coefficient (Wildman–Crippen LogP) is 3.08. The lowest BCUT2D eigenvalue weighted by Gasteiger charge is -2.34. The van der Waals surface area contributed by atoms with Crippen LogP contribution in [0.25, 0.3) is 0 Å². The number of hydrogen-bond acceptors (Lipinski definition) is 3. The Morgan fingerprint density at radius 2 is 1.67 bits per heavy atom. The van der Waals surface area contributed by atoms with Gasteiger partial charge in [0.1, 0.15) is 6.29 Å². The molecule has 1 aliphatic carbocycles.